The molecule has 0 nitrogen and oxygen atoms in total. The third kappa shape index (κ3) is 1.56. The molecule has 1 rings (SSSR count). The molecule has 0 fully saturated rings. The molecule has 0 aliphatic rings. The van der Waals surface area contributed by atoms with Crippen LogP contribution in [0.4, 0.5) is 0 Å². The van der Waals surface area contributed by atoms with Crippen LogP contribution in [0, 0.1) is 6.92 Å². The van der Waals surface area contributed by atoms with Crippen LogP contribution in [0.25, 0.3) is 0 Å². The average Bonchev–Trinajstić information content (AvgIpc) is 1.95. The van der Waals surface area contributed by atoms with Gasteiger partial charge in [-0.3, -0.25) is 0 Å². The molecule has 0 aromatic heterocycles. The van der Waals surface area contributed by atoms with E-state index in [0.29, 0.717) is 0 Å². The molecular formula is C8H10AsCl. The first-order chi connectivity index (χ1) is 4.75. The van der Waals surface area contributed by atoms with Crippen LogP contribution >= 0.6 is 11.6 Å². The molecule has 0 saturated carbocycles. The van der Waals surface area contributed by atoms with Crippen molar-refractivity contribution in [1.29, 1.82) is 0 Å². The maximum atomic E-state index is 5.90. The van der Waals surface area contributed by atoms with Gasteiger partial charge in [-0.15, -0.1) is 0 Å². The monoisotopic (exact) mass is 216 g/mol. The van der Waals surface area contributed by atoms with Crippen LogP contribution in [0.3, 0.4) is 0 Å². The number of rotatable bonds is 1. The van der Waals surface area contributed by atoms with Crippen molar-refractivity contribution in [3.63, 3.8) is 0 Å². The van der Waals surface area contributed by atoms with Crippen LogP contribution in [0.15, 0.2) is 18.2 Å². The summed E-state index contributed by atoms with van der Waals surface area (Å²) in [6.45, 7) is 2.07. The van der Waals surface area contributed by atoms with Crippen molar-refractivity contribution in [1.82, 2.24) is 0 Å². The van der Waals surface area contributed by atoms with E-state index in [0.717, 1.165) is 10.2 Å². The molecule has 54 valence electrons. The van der Waals surface area contributed by atoms with Gasteiger partial charge >= 0.3 is 74.9 Å². The zero-order chi connectivity index (χ0) is 7.56. The molecule has 1 atom stereocenters. The molecule has 0 bridgehead atoms. The molecule has 0 spiro atoms. The Hall–Kier alpha value is 0.0684. The molecule has 0 saturated heterocycles. The zero-order valence-corrected chi connectivity index (χ0v) is 9.07. The minimum atomic E-state index is 0.884. The van der Waals surface area contributed by atoms with Gasteiger partial charge < -0.3 is 0 Å². The second kappa shape index (κ2) is 3.46. The van der Waals surface area contributed by atoms with Crippen LogP contribution in [0.2, 0.25) is 5.02 Å². The van der Waals surface area contributed by atoms with E-state index in [4.69, 9.17) is 11.6 Å². The quantitative estimate of drug-likeness (QED) is 0.628. The fourth-order valence-corrected chi connectivity index (χ4v) is 2.00. The number of benzene rings is 1. The molecule has 1 aromatic carbocycles. The maximum absolute atomic E-state index is 5.90. The first kappa shape index (κ1) is 8.17. The Balaban J connectivity index is 3.14. The summed E-state index contributed by atoms with van der Waals surface area (Å²) < 4.78 is 0. The Morgan fingerprint density at radius 2 is 2.20 bits per heavy atom. The van der Waals surface area contributed by atoms with Gasteiger partial charge in [0.05, 0.1) is 0 Å². The number of halogens is 1. The van der Waals surface area contributed by atoms with Gasteiger partial charge in [-0.05, 0) is 0 Å². The molecule has 2 heteroatoms. The van der Waals surface area contributed by atoms with E-state index >= 15 is 0 Å². The standard InChI is InChI=1S/C8H10AsCl/c1-6-7(5-9)3-2-4-8(6)10/h2-4H,5,9H2,1H3. The summed E-state index contributed by atoms with van der Waals surface area (Å²) in [5.41, 5.74) is 2.60. The van der Waals surface area contributed by atoms with Crippen molar-refractivity contribution >= 4 is 28.5 Å². The molecule has 0 aliphatic heterocycles. The number of hydrogen-bond donors (Lipinski definition) is 0. The van der Waals surface area contributed by atoms with E-state index in [9.17, 15) is 0 Å². The van der Waals surface area contributed by atoms with Gasteiger partial charge in [0, 0.05) is 0 Å². The molecule has 0 N–H and O–H groups in total. The first-order valence-corrected chi connectivity index (χ1v) is 5.29. The van der Waals surface area contributed by atoms with Gasteiger partial charge in [0.15, 0.2) is 0 Å². The normalized spacial score (nSPS) is 9.90. The van der Waals surface area contributed by atoms with E-state index in [2.05, 4.69) is 13.0 Å². The van der Waals surface area contributed by atoms with Crippen LogP contribution in [-0.2, 0) is 5.21 Å². The second-order valence-corrected chi connectivity index (χ2v) is 3.49. The number of hydrogen-bond acceptors (Lipinski definition) is 0. The van der Waals surface area contributed by atoms with Gasteiger partial charge in [-0.25, -0.2) is 0 Å². The van der Waals surface area contributed by atoms with Gasteiger partial charge in [0.2, 0.25) is 0 Å². The summed E-state index contributed by atoms with van der Waals surface area (Å²) >= 11 is 7.62. The van der Waals surface area contributed by atoms with Crippen LogP contribution in [0.5, 0.6) is 0 Å². The summed E-state index contributed by atoms with van der Waals surface area (Å²) in [7, 11) is 0. The Morgan fingerprint density at radius 1 is 1.50 bits per heavy atom. The Labute approximate surface area is 75.1 Å². The second-order valence-electron chi connectivity index (χ2n) is 2.23. The third-order valence-electron chi connectivity index (χ3n) is 1.60. The van der Waals surface area contributed by atoms with Crippen molar-refractivity contribution in [2.45, 2.75) is 12.1 Å². The summed E-state index contributed by atoms with van der Waals surface area (Å²) in [5.74, 6) is 0. The van der Waals surface area contributed by atoms with E-state index in [-0.39, 0.29) is 0 Å². The Bertz CT molecular complexity index is 233. The van der Waals surface area contributed by atoms with E-state index < -0.39 is 0 Å². The van der Waals surface area contributed by atoms with Crippen LogP contribution in [0.1, 0.15) is 11.1 Å². The summed E-state index contributed by atoms with van der Waals surface area (Å²) in [6, 6.07) is 6.07. The van der Waals surface area contributed by atoms with Gasteiger partial charge in [0.1, 0.15) is 0 Å². The first-order valence-electron chi connectivity index (χ1n) is 3.19. The Kier molecular flexibility index (Phi) is 2.82. The fourth-order valence-electron chi connectivity index (χ4n) is 0.873. The third-order valence-corrected chi connectivity index (χ3v) is 2.93. The average molecular weight is 217 g/mol. The molecule has 0 heterocycles. The minimum absolute atomic E-state index is 0.884. The van der Waals surface area contributed by atoms with Gasteiger partial charge in [-0.2, -0.15) is 0 Å². The van der Waals surface area contributed by atoms with Crippen molar-refractivity contribution in [2.24, 2.45) is 0 Å². The molecule has 1 unspecified atom stereocenters. The van der Waals surface area contributed by atoms with Gasteiger partial charge in [-0.1, -0.05) is 0 Å². The van der Waals surface area contributed by atoms with Crippen LogP contribution in [-0.4, -0.2) is 16.9 Å². The fraction of sp³-hybridized carbons (Fsp3) is 0.250. The molecular weight excluding hydrogens is 206 g/mol. The molecule has 1 aromatic rings. The topological polar surface area (TPSA) is 0 Å². The summed E-state index contributed by atoms with van der Waals surface area (Å²) in [6.07, 6.45) is 0. The van der Waals surface area contributed by atoms with E-state index in [1.54, 1.807) is 16.9 Å². The van der Waals surface area contributed by atoms with E-state index in [1.807, 2.05) is 12.1 Å². The van der Waals surface area contributed by atoms with E-state index in [1.165, 1.54) is 11.1 Å². The predicted octanol–water partition coefficient (Wildman–Crippen LogP) is 1.78. The zero-order valence-electron chi connectivity index (χ0n) is 5.89. The van der Waals surface area contributed by atoms with Crippen molar-refractivity contribution in [2.75, 3.05) is 0 Å². The molecule has 0 aliphatic carbocycles. The summed E-state index contributed by atoms with van der Waals surface area (Å²) in [4.78, 5) is 0. The van der Waals surface area contributed by atoms with Crippen molar-refractivity contribution in [3.05, 3.63) is 34.3 Å². The summed E-state index contributed by atoms with van der Waals surface area (Å²) in [5, 5.41) is 2.01. The predicted molar refractivity (Wildman–Crippen MR) is 48.4 cm³/mol. The molecule has 10 heavy (non-hydrogen) atoms. The Morgan fingerprint density at radius 3 is 2.70 bits per heavy atom. The van der Waals surface area contributed by atoms with Crippen LogP contribution < -0.4 is 0 Å². The van der Waals surface area contributed by atoms with Gasteiger partial charge in [0.25, 0.3) is 0 Å². The molecule has 0 radical (unpaired) electrons. The van der Waals surface area contributed by atoms with Crippen molar-refractivity contribution < 1.29 is 0 Å². The SMILES string of the molecule is Cc1c(Cl)cccc1C[AsH2]. The molecule has 0 amide bonds. The van der Waals surface area contributed by atoms with Crippen molar-refractivity contribution in [3.8, 4) is 0 Å².